The topological polar surface area (TPSA) is 17.1 Å². The first-order valence-electron chi connectivity index (χ1n) is 3.98. The zero-order chi connectivity index (χ0) is 10.0. The Labute approximate surface area is 83.0 Å². The van der Waals surface area contributed by atoms with Gasteiger partial charge in [0.05, 0.1) is 0 Å². The minimum atomic E-state index is -0.425. The zero-order valence-electron chi connectivity index (χ0n) is 7.73. The van der Waals surface area contributed by atoms with E-state index in [0.717, 1.165) is 16.7 Å². The van der Waals surface area contributed by atoms with Crippen LogP contribution >= 0.6 is 11.6 Å². The molecule has 0 unspecified atom stereocenters. The Balaban J connectivity index is 3.26. The highest BCUT2D eigenvalue weighted by Crippen LogP contribution is 2.17. The van der Waals surface area contributed by atoms with E-state index in [9.17, 15) is 4.79 Å². The Hall–Kier alpha value is -1.08. The summed E-state index contributed by atoms with van der Waals surface area (Å²) >= 11 is 5.38. The van der Waals surface area contributed by atoms with Crippen LogP contribution in [0.5, 0.6) is 0 Å². The van der Waals surface area contributed by atoms with Gasteiger partial charge in [0.25, 0.3) is 5.24 Å². The maximum atomic E-state index is 10.9. The monoisotopic (exact) mass is 194 g/mol. The number of allylic oxidation sites excluding steroid dienone is 1. The third kappa shape index (κ3) is 2.43. The Morgan fingerprint density at radius 1 is 1.31 bits per heavy atom. The Morgan fingerprint density at radius 2 is 1.85 bits per heavy atom. The molecule has 1 aromatic rings. The van der Waals surface area contributed by atoms with Gasteiger partial charge in [0, 0.05) is 5.56 Å². The predicted molar refractivity (Wildman–Crippen MR) is 56.1 cm³/mol. The number of carbonyl (C=O) groups excluding carboxylic acids is 1. The average Bonchev–Trinajstić information content (AvgIpc) is 2.03. The molecule has 1 rings (SSSR count). The van der Waals surface area contributed by atoms with Gasteiger partial charge in [0.15, 0.2) is 0 Å². The molecule has 0 bridgehead atoms. The zero-order valence-corrected chi connectivity index (χ0v) is 8.48. The van der Waals surface area contributed by atoms with Crippen LogP contribution in [0.15, 0.2) is 24.8 Å². The summed E-state index contributed by atoms with van der Waals surface area (Å²) in [7, 11) is 0. The molecule has 0 fully saturated rings. The van der Waals surface area contributed by atoms with E-state index in [0.29, 0.717) is 5.56 Å². The molecule has 0 radical (unpaired) electrons. The summed E-state index contributed by atoms with van der Waals surface area (Å²) in [6.07, 6.45) is 0. The molecule has 0 aliphatic carbocycles. The molecule has 13 heavy (non-hydrogen) atoms. The van der Waals surface area contributed by atoms with E-state index in [1.165, 1.54) is 0 Å². The van der Waals surface area contributed by atoms with Crippen molar-refractivity contribution in [2.45, 2.75) is 13.8 Å². The maximum Gasteiger partial charge on any atom is 0.252 e. The molecule has 0 N–H and O–H groups in total. The maximum absolute atomic E-state index is 10.9. The fraction of sp³-hybridized carbons (Fsp3) is 0.182. The molecule has 0 aromatic heterocycles. The predicted octanol–water partition coefficient (Wildman–Crippen LogP) is 3.41. The fourth-order valence-electron chi connectivity index (χ4n) is 1.14. The first-order valence-corrected chi connectivity index (χ1v) is 4.36. The molecule has 0 spiro atoms. The van der Waals surface area contributed by atoms with Crippen molar-refractivity contribution >= 4 is 22.4 Å². The minimum absolute atomic E-state index is 0.425. The van der Waals surface area contributed by atoms with Crippen molar-refractivity contribution in [1.29, 1.82) is 0 Å². The van der Waals surface area contributed by atoms with E-state index in [4.69, 9.17) is 11.6 Å². The summed E-state index contributed by atoms with van der Waals surface area (Å²) < 4.78 is 0. The van der Waals surface area contributed by atoms with Crippen molar-refractivity contribution in [3.63, 3.8) is 0 Å². The van der Waals surface area contributed by atoms with Gasteiger partial charge in [-0.05, 0) is 48.7 Å². The van der Waals surface area contributed by atoms with Gasteiger partial charge in [-0.25, -0.2) is 0 Å². The van der Waals surface area contributed by atoms with E-state index in [2.05, 4.69) is 6.58 Å². The molecule has 2 heteroatoms. The van der Waals surface area contributed by atoms with Crippen LogP contribution in [0.25, 0.3) is 5.57 Å². The lowest BCUT2D eigenvalue weighted by molar-refractivity contribution is 0.108. The smallest absolute Gasteiger partial charge is 0.252 e. The van der Waals surface area contributed by atoms with Crippen LogP contribution in [0.4, 0.5) is 0 Å². The van der Waals surface area contributed by atoms with Gasteiger partial charge in [0.1, 0.15) is 0 Å². The highest BCUT2D eigenvalue weighted by molar-refractivity contribution is 6.67. The highest BCUT2D eigenvalue weighted by Gasteiger charge is 2.04. The van der Waals surface area contributed by atoms with Crippen LogP contribution in [0, 0.1) is 6.92 Å². The number of carbonyl (C=O) groups is 1. The van der Waals surface area contributed by atoms with Crippen LogP contribution in [-0.4, -0.2) is 5.24 Å². The summed E-state index contributed by atoms with van der Waals surface area (Å²) in [5, 5.41) is -0.425. The number of rotatable bonds is 2. The SMILES string of the molecule is C=C(C)c1cc(C)cc(C(=O)Cl)c1. The third-order valence-electron chi connectivity index (χ3n) is 1.80. The normalized spacial score (nSPS) is 9.77. The largest absolute Gasteiger partial charge is 0.276 e. The second-order valence-corrected chi connectivity index (χ2v) is 3.49. The Bertz CT molecular complexity index is 334. The molecule has 1 aromatic carbocycles. The van der Waals surface area contributed by atoms with Gasteiger partial charge in [-0.3, -0.25) is 4.79 Å². The first kappa shape index (κ1) is 10.0. The van der Waals surface area contributed by atoms with Crippen molar-refractivity contribution in [1.82, 2.24) is 0 Å². The average molecular weight is 195 g/mol. The van der Waals surface area contributed by atoms with Crippen LogP contribution < -0.4 is 0 Å². The number of halogens is 1. The summed E-state index contributed by atoms with van der Waals surface area (Å²) in [5.41, 5.74) is 3.44. The van der Waals surface area contributed by atoms with Crippen LogP contribution in [0.1, 0.15) is 28.4 Å². The van der Waals surface area contributed by atoms with Crippen molar-refractivity contribution in [3.8, 4) is 0 Å². The van der Waals surface area contributed by atoms with Crippen molar-refractivity contribution < 1.29 is 4.79 Å². The second kappa shape index (κ2) is 3.75. The van der Waals surface area contributed by atoms with Gasteiger partial charge < -0.3 is 0 Å². The standard InChI is InChI=1S/C11H11ClO/c1-7(2)9-4-8(3)5-10(6-9)11(12)13/h4-6H,1H2,2-3H3. The molecule has 0 saturated heterocycles. The lowest BCUT2D eigenvalue weighted by atomic mass is 10.0. The van der Waals surface area contributed by atoms with Crippen molar-refractivity contribution in [2.24, 2.45) is 0 Å². The van der Waals surface area contributed by atoms with Crippen LogP contribution in [-0.2, 0) is 0 Å². The first-order chi connectivity index (χ1) is 6.00. The lowest BCUT2D eigenvalue weighted by Gasteiger charge is -2.03. The summed E-state index contributed by atoms with van der Waals surface area (Å²) in [5.74, 6) is 0. The number of hydrogen-bond donors (Lipinski definition) is 0. The number of benzene rings is 1. The Kier molecular flexibility index (Phi) is 2.89. The molecule has 0 saturated carbocycles. The molecule has 0 heterocycles. The molecule has 0 aliphatic heterocycles. The highest BCUT2D eigenvalue weighted by atomic mass is 35.5. The molecule has 0 aliphatic rings. The van der Waals surface area contributed by atoms with Gasteiger partial charge in [-0.2, -0.15) is 0 Å². The summed E-state index contributed by atoms with van der Waals surface area (Å²) in [6.45, 7) is 7.64. The van der Waals surface area contributed by atoms with E-state index < -0.39 is 5.24 Å². The molecular formula is C11H11ClO. The van der Waals surface area contributed by atoms with Gasteiger partial charge >= 0.3 is 0 Å². The van der Waals surface area contributed by atoms with Crippen molar-refractivity contribution in [3.05, 3.63) is 41.5 Å². The fourth-order valence-corrected chi connectivity index (χ4v) is 1.25. The third-order valence-corrected chi connectivity index (χ3v) is 2.02. The lowest BCUT2D eigenvalue weighted by Crippen LogP contribution is -1.92. The molecule has 0 atom stereocenters. The minimum Gasteiger partial charge on any atom is -0.276 e. The number of hydrogen-bond acceptors (Lipinski definition) is 1. The van der Waals surface area contributed by atoms with Crippen LogP contribution in [0.2, 0.25) is 0 Å². The van der Waals surface area contributed by atoms with E-state index in [1.807, 2.05) is 19.9 Å². The van der Waals surface area contributed by atoms with Crippen LogP contribution in [0.3, 0.4) is 0 Å². The number of aryl methyl sites for hydroxylation is 1. The van der Waals surface area contributed by atoms with Gasteiger partial charge in [-0.1, -0.05) is 18.2 Å². The molecule has 0 amide bonds. The van der Waals surface area contributed by atoms with Crippen molar-refractivity contribution in [2.75, 3.05) is 0 Å². The van der Waals surface area contributed by atoms with E-state index in [1.54, 1.807) is 12.1 Å². The van der Waals surface area contributed by atoms with Gasteiger partial charge in [0.2, 0.25) is 0 Å². The molecular weight excluding hydrogens is 184 g/mol. The summed E-state index contributed by atoms with van der Waals surface area (Å²) in [6, 6.07) is 5.50. The quantitative estimate of drug-likeness (QED) is 0.660. The van der Waals surface area contributed by atoms with Gasteiger partial charge in [-0.15, -0.1) is 0 Å². The Morgan fingerprint density at radius 3 is 2.31 bits per heavy atom. The summed E-state index contributed by atoms with van der Waals surface area (Å²) in [4.78, 5) is 10.9. The second-order valence-electron chi connectivity index (χ2n) is 3.14. The molecule has 1 nitrogen and oxygen atoms in total. The van der Waals surface area contributed by atoms with E-state index in [-0.39, 0.29) is 0 Å². The van der Waals surface area contributed by atoms with E-state index >= 15 is 0 Å². The molecule has 68 valence electrons.